The summed E-state index contributed by atoms with van der Waals surface area (Å²) in [4.78, 5) is 11.0. The molecule has 0 fully saturated rings. The zero-order valence-corrected chi connectivity index (χ0v) is 9.79. The predicted molar refractivity (Wildman–Crippen MR) is 59.6 cm³/mol. The van der Waals surface area contributed by atoms with Crippen LogP contribution in [0, 0.1) is 11.6 Å². The van der Waals surface area contributed by atoms with Crippen molar-refractivity contribution in [2.75, 3.05) is 7.11 Å². The molecule has 0 heterocycles. The summed E-state index contributed by atoms with van der Waals surface area (Å²) < 4.78 is 30.6. The molecule has 0 saturated carbocycles. The highest BCUT2D eigenvalue weighted by Gasteiger charge is 2.14. The number of rotatable bonds is 3. The molecule has 0 aliphatic carbocycles. The number of benzene rings is 1. The fraction of sp³-hybridized carbons (Fsp3) is 0.200. The van der Waals surface area contributed by atoms with Crippen molar-refractivity contribution in [3.05, 3.63) is 34.9 Å². The number of halogens is 3. The van der Waals surface area contributed by atoms with E-state index in [1.165, 1.54) is 7.11 Å². The number of thiocarbonyl (C=S) groups is 1. The van der Waals surface area contributed by atoms with Gasteiger partial charge in [-0.1, -0.05) is 23.8 Å². The lowest BCUT2D eigenvalue weighted by Gasteiger charge is -2.05. The van der Waals surface area contributed by atoms with Crippen LogP contribution in [-0.4, -0.2) is 17.4 Å². The van der Waals surface area contributed by atoms with Gasteiger partial charge in [-0.15, -0.1) is 0 Å². The first-order valence-corrected chi connectivity index (χ1v) is 4.99. The molecule has 0 radical (unpaired) electrons. The molecule has 0 bridgehead atoms. The molecule has 0 saturated heterocycles. The maximum Gasteiger partial charge on any atom is 0.310 e. The Bertz CT molecular complexity index is 449. The minimum atomic E-state index is -0.855. The second-order valence-corrected chi connectivity index (χ2v) is 3.96. The molecular weight excluding hydrogens is 258 g/mol. The van der Waals surface area contributed by atoms with Crippen LogP contribution in [0.2, 0.25) is 0 Å². The van der Waals surface area contributed by atoms with E-state index >= 15 is 0 Å². The lowest BCUT2D eigenvalue weighted by molar-refractivity contribution is -0.139. The highest BCUT2D eigenvalue weighted by atomic mass is 35.5. The summed E-state index contributed by atoms with van der Waals surface area (Å²) in [6.45, 7) is 0. The van der Waals surface area contributed by atoms with Crippen LogP contribution in [0.4, 0.5) is 8.78 Å². The summed E-state index contributed by atoms with van der Waals surface area (Å²) in [5.41, 5.74) is -0.108. The molecule has 1 rings (SSSR count). The van der Waals surface area contributed by atoms with Crippen LogP contribution in [0.1, 0.15) is 11.1 Å². The minimum absolute atomic E-state index is 0.00810. The molecule has 0 spiro atoms. The van der Waals surface area contributed by atoms with Gasteiger partial charge in [0.15, 0.2) is 0 Å². The molecule has 0 N–H and O–H groups in total. The van der Waals surface area contributed by atoms with Crippen molar-refractivity contribution in [2.45, 2.75) is 6.42 Å². The minimum Gasteiger partial charge on any atom is -0.469 e. The van der Waals surface area contributed by atoms with Gasteiger partial charge in [-0.3, -0.25) is 4.79 Å². The zero-order chi connectivity index (χ0) is 12.3. The van der Waals surface area contributed by atoms with E-state index in [1.54, 1.807) is 0 Å². The normalized spacial score (nSPS) is 10.0. The molecule has 86 valence electrons. The second-order valence-electron chi connectivity index (χ2n) is 2.95. The maximum atomic E-state index is 13.3. The Morgan fingerprint density at radius 2 is 2.06 bits per heavy atom. The highest BCUT2D eigenvalue weighted by molar-refractivity contribution is 7.83. The fourth-order valence-electron chi connectivity index (χ4n) is 1.11. The van der Waals surface area contributed by atoms with Crippen LogP contribution >= 0.6 is 23.8 Å². The van der Waals surface area contributed by atoms with Crippen LogP contribution < -0.4 is 0 Å². The molecule has 6 heteroatoms. The number of carbonyl (C=O) groups is 1. The van der Waals surface area contributed by atoms with Gasteiger partial charge in [-0.2, -0.15) is 0 Å². The van der Waals surface area contributed by atoms with Crippen LogP contribution in [0.3, 0.4) is 0 Å². The van der Waals surface area contributed by atoms with E-state index in [0.717, 1.165) is 6.07 Å². The first-order chi connectivity index (χ1) is 7.45. The van der Waals surface area contributed by atoms with Crippen LogP contribution in [-0.2, 0) is 16.0 Å². The third-order valence-corrected chi connectivity index (χ3v) is 2.33. The van der Waals surface area contributed by atoms with Crippen molar-refractivity contribution in [1.29, 1.82) is 0 Å². The second kappa shape index (κ2) is 5.32. The number of carbonyl (C=O) groups excluding carboxylic acids is 1. The molecule has 0 atom stereocenters. The third kappa shape index (κ3) is 2.96. The van der Waals surface area contributed by atoms with E-state index in [2.05, 4.69) is 17.0 Å². The Kier molecular flexibility index (Phi) is 4.32. The average molecular weight is 265 g/mol. The van der Waals surface area contributed by atoms with Gasteiger partial charge in [-0.05, 0) is 11.6 Å². The lowest BCUT2D eigenvalue weighted by atomic mass is 10.1. The quantitative estimate of drug-likeness (QED) is 0.477. The van der Waals surface area contributed by atoms with E-state index in [9.17, 15) is 13.6 Å². The first-order valence-electron chi connectivity index (χ1n) is 4.20. The number of ether oxygens (including phenoxy) is 1. The summed E-state index contributed by atoms with van der Waals surface area (Å²) >= 11 is 10.0. The summed E-state index contributed by atoms with van der Waals surface area (Å²) in [5.74, 6) is -2.32. The van der Waals surface area contributed by atoms with Crippen molar-refractivity contribution in [2.24, 2.45) is 0 Å². The monoisotopic (exact) mass is 264 g/mol. The average Bonchev–Trinajstić information content (AvgIpc) is 2.21. The molecule has 16 heavy (non-hydrogen) atoms. The molecule has 1 aromatic carbocycles. The molecular formula is C10H7ClF2O2S. The number of methoxy groups -OCH3 is 1. The van der Waals surface area contributed by atoms with Gasteiger partial charge < -0.3 is 4.74 Å². The number of esters is 1. The SMILES string of the molecule is COC(=O)Cc1cc(C(=S)Cl)c(F)cc1F. The lowest BCUT2D eigenvalue weighted by Crippen LogP contribution is -2.08. The Hall–Kier alpha value is -1.07. The maximum absolute atomic E-state index is 13.3. The topological polar surface area (TPSA) is 26.3 Å². The van der Waals surface area contributed by atoms with Crippen molar-refractivity contribution < 1.29 is 18.3 Å². The predicted octanol–water partition coefficient (Wildman–Crippen LogP) is 2.59. The zero-order valence-electron chi connectivity index (χ0n) is 8.22. The van der Waals surface area contributed by atoms with Gasteiger partial charge in [0, 0.05) is 11.6 Å². The van der Waals surface area contributed by atoms with Crippen LogP contribution in [0.25, 0.3) is 0 Å². The summed E-state index contributed by atoms with van der Waals surface area (Å²) in [6, 6.07) is 1.75. The number of hydrogen-bond donors (Lipinski definition) is 0. The van der Waals surface area contributed by atoms with E-state index in [0.29, 0.717) is 6.07 Å². The van der Waals surface area contributed by atoms with E-state index in [4.69, 9.17) is 11.6 Å². The van der Waals surface area contributed by atoms with E-state index in [-0.39, 0.29) is 21.9 Å². The van der Waals surface area contributed by atoms with E-state index in [1.807, 2.05) is 0 Å². The molecule has 0 aliphatic rings. The Labute approximate surface area is 101 Å². The largest absolute Gasteiger partial charge is 0.469 e. The van der Waals surface area contributed by atoms with Crippen molar-refractivity contribution in [1.82, 2.24) is 0 Å². The molecule has 1 aromatic rings. The highest BCUT2D eigenvalue weighted by Crippen LogP contribution is 2.18. The van der Waals surface area contributed by atoms with Crippen LogP contribution in [0.15, 0.2) is 12.1 Å². The summed E-state index contributed by atoms with van der Waals surface area (Å²) in [7, 11) is 1.18. The van der Waals surface area contributed by atoms with E-state index < -0.39 is 17.6 Å². The van der Waals surface area contributed by atoms with Gasteiger partial charge in [0.25, 0.3) is 0 Å². The van der Waals surface area contributed by atoms with Gasteiger partial charge in [0.2, 0.25) is 0 Å². The molecule has 0 aliphatic heterocycles. The molecule has 0 unspecified atom stereocenters. The van der Waals surface area contributed by atoms with Gasteiger partial charge >= 0.3 is 5.97 Å². The molecule has 0 amide bonds. The molecule has 0 aromatic heterocycles. The summed E-state index contributed by atoms with van der Waals surface area (Å²) in [6.07, 6.45) is -0.297. The third-order valence-electron chi connectivity index (χ3n) is 1.91. The standard InChI is InChI=1S/C10H7ClF2O2S/c1-15-9(14)3-5-2-6(10(11)16)8(13)4-7(5)12/h2,4H,3H2,1H3. The first kappa shape index (κ1) is 13.0. The Morgan fingerprint density at radius 3 is 2.56 bits per heavy atom. The Balaban J connectivity index is 3.14. The molecule has 2 nitrogen and oxygen atoms in total. The number of hydrogen-bond acceptors (Lipinski definition) is 3. The van der Waals surface area contributed by atoms with Gasteiger partial charge in [0.05, 0.1) is 13.5 Å². The van der Waals surface area contributed by atoms with Crippen molar-refractivity contribution in [3.63, 3.8) is 0 Å². The fourth-order valence-corrected chi connectivity index (χ4v) is 1.41. The van der Waals surface area contributed by atoms with Crippen molar-refractivity contribution in [3.8, 4) is 0 Å². The smallest absolute Gasteiger partial charge is 0.310 e. The van der Waals surface area contributed by atoms with Gasteiger partial charge in [-0.25, -0.2) is 8.78 Å². The summed E-state index contributed by atoms with van der Waals surface area (Å²) in [5, 5.41) is 0. The van der Waals surface area contributed by atoms with Crippen LogP contribution in [0.5, 0.6) is 0 Å². The van der Waals surface area contributed by atoms with Crippen molar-refractivity contribution >= 4 is 34.1 Å². The van der Waals surface area contributed by atoms with Gasteiger partial charge in [0.1, 0.15) is 16.0 Å². The Morgan fingerprint density at radius 1 is 1.44 bits per heavy atom.